The first-order valence-electron chi connectivity index (χ1n) is 5.48. The van der Waals surface area contributed by atoms with Crippen LogP contribution in [-0.4, -0.2) is 41.0 Å². The lowest BCUT2D eigenvalue weighted by Crippen LogP contribution is -2.15. The van der Waals surface area contributed by atoms with E-state index in [1.165, 1.54) is 0 Å². The van der Waals surface area contributed by atoms with Crippen LogP contribution in [0.5, 0.6) is 0 Å². The molecule has 88 valence electrons. The predicted molar refractivity (Wildman–Crippen MR) is 55.1 cm³/mol. The van der Waals surface area contributed by atoms with Crippen LogP contribution in [0, 0.1) is 0 Å². The molecule has 1 fully saturated rings. The molecular formula is C10H15N3O3. The highest BCUT2D eigenvalue weighted by Gasteiger charge is 2.21. The first kappa shape index (κ1) is 11.1. The molecule has 0 unspecified atom stereocenters. The average Bonchev–Trinajstić information content (AvgIpc) is 2.80. The number of nitrogens with zero attached hydrogens (tertiary/aromatic N) is 2. The van der Waals surface area contributed by atoms with E-state index in [0.717, 1.165) is 31.9 Å². The van der Waals surface area contributed by atoms with Gasteiger partial charge in [0.25, 0.3) is 5.82 Å². The maximum absolute atomic E-state index is 11.3. The van der Waals surface area contributed by atoms with E-state index >= 15 is 0 Å². The number of esters is 1. The Morgan fingerprint density at radius 2 is 2.31 bits per heavy atom. The Bertz CT molecular complexity index is 358. The van der Waals surface area contributed by atoms with Crippen molar-refractivity contribution in [2.45, 2.75) is 25.7 Å². The van der Waals surface area contributed by atoms with Crippen LogP contribution < -0.4 is 0 Å². The van der Waals surface area contributed by atoms with Gasteiger partial charge in [0, 0.05) is 19.1 Å². The largest absolute Gasteiger partial charge is 0.460 e. The minimum absolute atomic E-state index is 0.114. The van der Waals surface area contributed by atoms with E-state index in [4.69, 9.17) is 9.47 Å². The van der Waals surface area contributed by atoms with Crippen LogP contribution in [0.2, 0.25) is 0 Å². The number of aromatic nitrogens is 3. The van der Waals surface area contributed by atoms with Crippen molar-refractivity contribution in [3.05, 3.63) is 11.6 Å². The molecule has 2 heterocycles. The van der Waals surface area contributed by atoms with Gasteiger partial charge in [0.1, 0.15) is 5.82 Å². The standard InChI is InChI=1S/C10H15N3O3/c1-2-16-10(14)9-11-8(12-13-9)7-3-5-15-6-4-7/h7H,2-6H2,1H3,(H,11,12,13). The molecule has 1 aliphatic heterocycles. The zero-order valence-corrected chi connectivity index (χ0v) is 9.23. The minimum atomic E-state index is -0.475. The molecule has 0 aromatic carbocycles. The maximum atomic E-state index is 11.3. The number of aromatic amines is 1. The molecule has 0 spiro atoms. The van der Waals surface area contributed by atoms with E-state index in [2.05, 4.69) is 15.2 Å². The van der Waals surface area contributed by atoms with Gasteiger partial charge in [-0.1, -0.05) is 0 Å². The van der Waals surface area contributed by atoms with Gasteiger partial charge in [0.15, 0.2) is 0 Å². The Morgan fingerprint density at radius 1 is 1.56 bits per heavy atom. The summed E-state index contributed by atoms with van der Waals surface area (Å²) in [4.78, 5) is 15.5. The van der Waals surface area contributed by atoms with Crippen molar-refractivity contribution in [2.75, 3.05) is 19.8 Å². The maximum Gasteiger partial charge on any atom is 0.378 e. The van der Waals surface area contributed by atoms with Gasteiger partial charge in [-0.05, 0) is 19.8 Å². The van der Waals surface area contributed by atoms with Gasteiger partial charge in [-0.3, -0.25) is 5.10 Å². The number of hydrogen-bond donors (Lipinski definition) is 1. The minimum Gasteiger partial charge on any atom is -0.460 e. The molecule has 6 nitrogen and oxygen atoms in total. The lowest BCUT2D eigenvalue weighted by atomic mass is 10.00. The zero-order valence-electron chi connectivity index (χ0n) is 9.23. The first-order valence-corrected chi connectivity index (χ1v) is 5.48. The number of nitrogens with one attached hydrogen (secondary N) is 1. The number of carbonyl (C=O) groups is 1. The first-order chi connectivity index (χ1) is 7.81. The summed E-state index contributed by atoms with van der Waals surface area (Å²) in [6.45, 7) is 3.56. The van der Waals surface area contributed by atoms with Crippen molar-refractivity contribution in [1.82, 2.24) is 15.2 Å². The Balaban J connectivity index is 2.03. The third-order valence-electron chi connectivity index (χ3n) is 2.57. The van der Waals surface area contributed by atoms with Gasteiger partial charge >= 0.3 is 5.97 Å². The van der Waals surface area contributed by atoms with E-state index < -0.39 is 5.97 Å². The predicted octanol–water partition coefficient (Wildman–Crippen LogP) is 0.875. The Hall–Kier alpha value is -1.43. The molecule has 2 rings (SSSR count). The van der Waals surface area contributed by atoms with Crippen LogP contribution >= 0.6 is 0 Å². The summed E-state index contributed by atoms with van der Waals surface area (Å²) in [5.41, 5.74) is 0. The van der Waals surface area contributed by atoms with Gasteiger partial charge in [0.2, 0.25) is 0 Å². The van der Waals surface area contributed by atoms with Crippen LogP contribution in [0.3, 0.4) is 0 Å². The quantitative estimate of drug-likeness (QED) is 0.772. The molecule has 6 heteroatoms. The molecule has 1 saturated heterocycles. The number of rotatable bonds is 3. The van der Waals surface area contributed by atoms with Crippen LogP contribution in [0.1, 0.15) is 42.1 Å². The molecule has 0 radical (unpaired) electrons. The third kappa shape index (κ3) is 2.38. The molecule has 0 amide bonds. The molecule has 0 bridgehead atoms. The summed E-state index contributed by atoms with van der Waals surface area (Å²) < 4.78 is 10.1. The lowest BCUT2D eigenvalue weighted by molar-refractivity contribution is 0.0512. The molecule has 1 aliphatic rings. The summed E-state index contributed by atoms with van der Waals surface area (Å²) in [6.07, 6.45) is 1.83. The van der Waals surface area contributed by atoms with Gasteiger partial charge in [-0.15, -0.1) is 5.10 Å². The van der Waals surface area contributed by atoms with Gasteiger partial charge in [-0.2, -0.15) is 0 Å². The van der Waals surface area contributed by atoms with Crippen molar-refractivity contribution in [3.63, 3.8) is 0 Å². The SMILES string of the molecule is CCOC(=O)c1n[nH]c(C2CCOCC2)n1. The molecular weight excluding hydrogens is 210 g/mol. The number of ether oxygens (including phenoxy) is 2. The second kappa shape index (κ2) is 5.07. The average molecular weight is 225 g/mol. The molecule has 16 heavy (non-hydrogen) atoms. The molecule has 0 atom stereocenters. The lowest BCUT2D eigenvalue weighted by Gasteiger charge is -2.19. The van der Waals surface area contributed by atoms with Crippen LogP contribution in [-0.2, 0) is 9.47 Å². The Kier molecular flexibility index (Phi) is 3.51. The highest BCUT2D eigenvalue weighted by Crippen LogP contribution is 2.23. The topological polar surface area (TPSA) is 77.1 Å². The number of carbonyl (C=O) groups excluding carboxylic acids is 1. The summed E-state index contributed by atoms with van der Waals surface area (Å²) in [7, 11) is 0. The molecule has 1 aromatic heterocycles. The second-order valence-electron chi connectivity index (χ2n) is 3.65. The van der Waals surface area contributed by atoms with E-state index in [-0.39, 0.29) is 5.82 Å². The normalized spacial score (nSPS) is 17.3. The third-order valence-corrected chi connectivity index (χ3v) is 2.57. The van der Waals surface area contributed by atoms with Gasteiger partial charge < -0.3 is 9.47 Å². The van der Waals surface area contributed by atoms with Crippen molar-refractivity contribution < 1.29 is 14.3 Å². The summed E-state index contributed by atoms with van der Waals surface area (Å²) in [5, 5.41) is 6.66. The fourth-order valence-electron chi connectivity index (χ4n) is 1.71. The monoisotopic (exact) mass is 225 g/mol. The fourth-order valence-corrected chi connectivity index (χ4v) is 1.71. The molecule has 1 aromatic rings. The van der Waals surface area contributed by atoms with Gasteiger partial charge in [-0.25, -0.2) is 9.78 Å². The smallest absolute Gasteiger partial charge is 0.378 e. The summed E-state index contributed by atoms with van der Waals surface area (Å²) in [5.74, 6) is 0.705. The summed E-state index contributed by atoms with van der Waals surface area (Å²) in [6, 6.07) is 0. The van der Waals surface area contributed by atoms with Crippen molar-refractivity contribution in [2.24, 2.45) is 0 Å². The van der Waals surface area contributed by atoms with Crippen molar-refractivity contribution >= 4 is 5.97 Å². The summed E-state index contributed by atoms with van der Waals surface area (Å²) >= 11 is 0. The van der Waals surface area contributed by atoms with E-state index in [1.54, 1.807) is 6.92 Å². The fraction of sp³-hybridized carbons (Fsp3) is 0.700. The second-order valence-corrected chi connectivity index (χ2v) is 3.65. The Morgan fingerprint density at radius 3 is 3.00 bits per heavy atom. The van der Waals surface area contributed by atoms with Gasteiger partial charge in [0.05, 0.1) is 6.61 Å². The van der Waals surface area contributed by atoms with Crippen LogP contribution in [0.4, 0.5) is 0 Å². The van der Waals surface area contributed by atoms with Crippen LogP contribution in [0.15, 0.2) is 0 Å². The molecule has 1 N–H and O–H groups in total. The molecule has 0 saturated carbocycles. The van der Waals surface area contributed by atoms with E-state index in [0.29, 0.717) is 12.5 Å². The van der Waals surface area contributed by atoms with Crippen molar-refractivity contribution in [3.8, 4) is 0 Å². The van der Waals surface area contributed by atoms with Crippen LogP contribution in [0.25, 0.3) is 0 Å². The highest BCUT2D eigenvalue weighted by atomic mass is 16.5. The zero-order chi connectivity index (χ0) is 11.4. The highest BCUT2D eigenvalue weighted by molar-refractivity contribution is 5.84. The van der Waals surface area contributed by atoms with Crippen molar-refractivity contribution in [1.29, 1.82) is 0 Å². The van der Waals surface area contributed by atoms with E-state index in [1.807, 2.05) is 0 Å². The number of hydrogen-bond acceptors (Lipinski definition) is 5. The Labute approximate surface area is 93.4 Å². The number of H-pyrrole nitrogens is 1. The van der Waals surface area contributed by atoms with E-state index in [9.17, 15) is 4.79 Å². The molecule has 0 aliphatic carbocycles.